The van der Waals surface area contributed by atoms with Crippen molar-refractivity contribution in [3.05, 3.63) is 63.0 Å². The van der Waals surface area contributed by atoms with Crippen molar-refractivity contribution in [2.45, 2.75) is 6.92 Å². The van der Waals surface area contributed by atoms with Crippen molar-refractivity contribution in [2.75, 3.05) is 5.32 Å². The minimum atomic E-state index is -1.35. The van der Waals surface area contributed by atoms with Gasteiger partial charge in [-0.2, -0.15) is 0 Å². The lowest BCUT2D eigenvalue weighted by atomic mass is 10.1. The summed E-state index contributed by atoms with van der Waals surface area (Å²) < 4.78 is 27.5. The molecule has 2 aromatic carbocycles. The Morgan fingerprint density at radius 1 is 1.19 bits per heavy atom. The maximum absolute atomic E-state index is 14.0. The first kappa shape index (κ1) is 15.1. The monoisotopic (exact) mass is 310 g/mol. The van der Waals surface area contributed by atoms with E-state index in [1.165, 1.54) is 0 Å². The average molecular weight is 311 g/mol. The van der Waals surface area contributed by atoms with Crippen molar-refractivity contribution >= 4 is 28.9 Å². The molecule has 21 heavy (non-hydrogen) atoms. The Hall–Kier alpha value is -2.34. The number of carbonyl (C=O) groups is 1. The van der Waals surface area contributed by atoms with Gasteiger partial charge in [0, 0.05) is 10.9 Å². The first-order chi connectivity index (χ1) is 9.93. The van der Waals surface area contributed by atoms with Gasteiger partial charge in [0.1, 0.15) is 0 Å². The van der Waals surface area contributed by atoms with E-state index < -0.39 is 33.8 Å². The summed E-state index contributed by atoms with van der Waals surface area (Å²) in [5.41, 5.74) is 0.468. The smallest absolute Gasteiger partial charge is 0.319 e. The minimum Gasteiger partial charge on any atom is -0.352 e. The molecule has 0 radical (unpaired) electrons. The van der Waals surface area contributed by atoms with E-state index in [0.29, 0.717) is 5.69 Å². The minimum absolute atomic E-state index is 0.418. The third-order valence-electron chi connectivity index (χ3n) is 2.80. The van der Waals surface area contributed by atoms with E-state index in [2.05, 4.69) is 10.5 Å². The second kappa shape index (κ2) is 5.97. The van der Waals surface area contributed by atoms with Crippen molar-refractivity contribution in [1.82, 2.24) is 0 Å². The van der Waals surface area contributed by atoms with Crippen LogP contribution < -0.4 is 5.32 Å². The number of nitrogens with zero attached hydrogens (tertiary/aromatic N) is 1. The van der Waals surface area contributed by atoms with Gasteiger partial charge in [0.15, 0.2) is 11.6 Å². The third kappa shape index (κ3) is 3.05. The van der Waals surface area contributed by atoms with Gasteiger partial charge in [-0.15, -0.1) is 4.91 Å². The van der Waals surface area contributed by atoms with Crippen LogP contribution in [0.15, 0.2) is 35.5 Å². The number of benzene rings is 2. The van der Waals surface area contributed by atoms with Gasteiger partial charge in [-0.3, -0.25) is 4.79 Å². The van der Waals surface area contributed by atoms with Crippen LogP contribution in [0.4, 0.5) is 20.2 Å². The van der Waals surface area contributed by atoms with E-state index in [0.717, 1.165) is 11.6 Å². The number of anilines is 2. The molecule has 1 N–H and O–H groups in total. The molecule has 108 valence electrons. The van der Waals surface area contributed by atoms with Gasteiger partial charge < -0.3 is 5.32 Å². The van der Waals surface area contributed by atoms with Crippen LogP contribution >= 0.6 is 11.6 Å². The molecule has 0 aliphatic rings. The Morgan fingerprint density at radius 2 is 1.81 bits per heavy atom. The Bertz CT molecular complexity index is 718. The fourth-order valence-electron chi connectivity index (χ4n) is 1.72. The van der Waals surface area contributed by atoms with Crippen LogP contribution in [0.5, 0.6) is 0 Å². The van der Waals surface area contributed by atoms with E-state index >= 15 is 0 Å². The predicted molar refractivity (Wildman–Crippen MR) is 76.0 cm³/mol. The molecule has 0 bridgehead atoms. The highest BCUT2D eigenvalue weighted by atomic mass is 35.5. The molecule has 0 saturated heterocycles. The first-order valence-electron chi connectivity index (χ1n) is 5.83. The average Bonchev–Trinajstić information content (AvgIpc) is 2.48. The highest BCUT2D eigenvalue weighted by Gasteiger charge is 2.22. The van der Waals surface area contributed by atoms with Crippen LogP contribution in [-0.4, -0.2) is 5.91 Å². The molecule has 0 aromatic heterocycles. The predicted octanol–water partition coefficient (Wildman–Crippen LogP) is 4.58. The molecule has 2 rings (SSSR count). The van der Waals surface area contributed by atoms with Gasteiger partial charge in [0.2, 0.25) is 0 Å². The standard InChI is InChI=1S/C14H9ClF2N2O2/c1-7-2-4-8(5-3-7)18-13-9(14(20)19-21)6-10(15)11(16)12(13)17/h2-6,18H,1H3. The fraction of sp³-hybridized carbons (Fsp3) is 0.0714. The van der Waals surface area contributed by atoms with E-state index in [9.17, 15) is 18.5 Å². The molecule has 0 aliphatic carbocycles. The molecule has 0 aliphatic heterocycles. The van der Waals surface area contributed by atoms with Crippen molar-refractivity contribution in [2.24, 2.45) is 5.18 Å². The number of aryl methyl sites for hydroxylation is 1. The molecule has 2 aromatic rings. The van der Waals surface area contributed by atoms with Crippen LogP contribution in [0.1, 0.15) is 15.9 Å². The Kier molecular flexibility index (Phi) is 4.28. The van der Waals surface area contributed by atoms with Crippen molar-refractivity contribution in [3.8, 4) is 0 Å². The van der Waals surface area contributed by atoms with E-state index in [1.807, 2.05) is 6.92 Å². The number of hydrogen-bond donors (Lipinski definition) is 1. The fourth-order valence-corrected chi connectivity index (χ4v) is 1.91. The molecule has 7 heteroatoms. The van der Waals surface area contributed by atoms with E-state index in [-0.39, 0.29) is 0 Å². The number of rotatable bonds is 3. The quantitative estimate of drug-likeness (QED) is 0.667. The summed E-state index contributed by atoms with van der Waals surface area (Å²) in [6, 6.07) is 7.58. The zero-order valence-electron chi connectivity index (χ0n) is 10.8. The number of nitroso groups, excluding NO2 is 1. The number of hydrogen-bond acceptors (Lipinski definition) is 3. The summed E-state index contributed by atoms with van der Waals surface area (Å²) in [6.45, 7) is 1.86. The highest BCUT2D eigenvalue weighted by Crippen LogP contribution is 2.31. The zero-order chi connectivity index (χ0) is 15.6. The summed E-state index contributed by atoms with van der Waals surface area (Å²) in [5.74, 6) is -3.91. The molecule has 0 unspecified atom stereocenters. The molecule has 0 spiro atoms. The third-order valence-corrected chi connectivity index (χ3v) is 3.07. The molecule has 1 amide bonds. The second-order valence-corrected chi connectivity index (χ2v) is 4.70. The molecule has 0 atom stereocenters. The normalized spacial score (nSPS) is 10.3. The lowest BCUT2D eigenvalue weighted by Gasteiger charge is -2.12. The number of halogens is 3. The molecule has 0 heterocycles. The summed E-state index contributed by atoms with van der Waals surface area (Å²) >= 11 is 5.48. The van der Waals surface area contributed by atoms with Crippen LogP contribution in [0.2, 0.25) is 5.02 Å². The van der Waals surface area contributed by atoms with E-state index in [1.54, 1.807) is 24.3 Å². The summed E-state index contributed by atoms with van der Waals surface area (Å²) in [4.78, 5) is 21.8. The van der Waals surface area contributed by atoms with Crippen LogP contribution in [-0.2, 0) is 0 Å². The van der Waals surface area contributed by atoms with Gasteiger partial charge in [-0.1, -0.05) is 29.3 Å². The Balaban J connectivity index is 2.55. The summed E-state index contributed by atoms with van der Waals surface area (Å²) in [5, 5.41) is 4.17. The van der Waals surface area contributed by atoms with Crippen molar-refractivity contribution in [3.63, 3.8) is 0 Å². The molecular weight excluding hydrogens is 302 g/mol. The number of nitrogens with one attached hydrogen (secondary N) is 1. The van der Waals surface area contributed by atoms with Gasteiger partial charge in [-0.25, -0.2) is 8.78 Å². The maximum Gasteiger partial charge on any atom is 0.319 e. The molecule has 4 nitrogen and oxygen atoms in total. The van der Waals surface area contributed by atoms with Gasteiger partial charge in [-0.05, 0) is 25.1 Å². The summed E-state index contributed by atoms with van der Waals surface area (Å²) in [7, 11) is 0. The number of amides is 1. The molecular formula is C14H9ClF2N2O2. The largest absolute Gasteiger partial charge is 0.352 e. The van der Waals surface area contributed by atoms with E-state index in [4.69, 9.17) is 11.6 Å². The Morgan fingerprint density at radius 3 is 2.38 bits per heavy atom. The Labute approximate surface area is 123 Å². The second-order valence-electron chi connectivity index (χ2n) is 4.30. The van der Waals surface area contributed by atoms with Crippen molar-refractivity contribution < 1.29 is 13.6 Å². The van der Waals surface area contributed by atoms with Gasteiger partial charge >= 0.3 is 5.91 Å². The molecule has 0 saturated carbocycles. The van der Waals surface area contributed by atoms with Crippen LogP contribution in [0.25, 0.3) is 0 Å². The maximum atomic E-state index is 14.0. The lowest BCUT2D eigenvalue weighted by Crippen LogP contribution is -2.06. The molecule has 0 fully saturated rings. The highest BCUT2D eigenvalue weighted by molar-refractivity contribution is 6.31. The SMILES string of the molecule is Cc1ccc(Nc2c(C(=O)N=O)cc(Cl)c(F)c2F)cc1. The van der Waals surface area contributed by atoms with Crippen molar-refractivity contribution in [1.29, 1.82) is 0 Å². The first-order valence-corrected chi connectivity index (χ1v) is 6.20. The van der Waals surface area contributed by atoms with Gasteiger partial charge in [0.25, 0.3) is 0 Å². The van der Waals surface area contributed by atoms with Gasteiger partial charge in [0.05, 0.1) is 16.3 Å². The topological polar surface area (TPSA) is 58.5 Å². The number of carbonyl (C=O) groups excluding carboxylic acids is 1. The summed E-state index contributed by atoms with van der Waals surface area (Å²) in [6.07, 6.45) is 0. The van der Waals surface area contributed by atoms with Crippen LogP contribution in [0, 0.1) is 23.5 Å². The zero-order valence-corrected chi connectivity index (χ0v) is 11.5. The van der Waals surface area contributed by atoms with Crippen LogP contribution in [0.3, 0.4) is 0 Å². The lowest BCUT2D eigenvalue weighted by molar-refractivity contribution is 0.100.